The number of thioether (sulfide) groups is 1. The summed E-state index contributed by atoms with van der Waals surface area (Å²) in [7, 11) is 0. The number of piperidine rings is 1. The van der Waals surface area contributed by atoms with E-state index in [-0.39, 0.29) is 17.6 Å². The van der Waals surface area contributed by atoms with Crippen molar-refractivity contribution in [1.29, 1.82) is 0 Å². The first-order valence-electron chi connectivity index (χ1n) is 10.5. The Hall–Kier alpha value is -2.44. The van der Waals surface area contributed by atoms with Crippen molar-refractivity contribution in [1.82, 2.24) is 9.47 Å². The van der Waals surface area contributed by atoms with Crippen LogP contribution < -0.4 is 5.32 Å². The monoisotopic (exact) mass is 455 g/mol. The van der Waals surface area contributed by atoms with E-state index in [0.29, 0.717) is 23.2 Å². The van der Waals surface area contributed by atoms with Gasteiger partial charge >= 0.3 is 0 Å². The van der Waals surface area contributed by atoms with Crippen molar-refractivity contribution in [2.45, 2.75) is 31.2 Å². The van der Waals surface area contributed by atoms with E-state index in [1.165, 1.54) is 11.8 Å². The molecule has 0 aliphatic carbocycles. The maximum atomic E-state index is 12.8. The molecule has 0 radical (unpaired) electrons. The molecule has 7 heteroatoms. The average molecular weight is 456 g/mol. The van der Waals surface area contributed by atoms with E-state index in [9.17, 15) is 9.59 Å². The zero-order chi connectivity index (χ0) is 21.8. The van der Waals surface area contributed by atoms with Crippen LogP contribution in [0.5, 0.6) is 0 Å². The van der Waals surface area contributed by atoms with Gasteiger partial charge in [0.2, 0.25) is 11.8 Å². The number of anilines is 1. The number of hydrogen-bond donors (Lipinski definition) is 1. The summed E-state index contributed by atoms with van der Waals surface area (Å²) in [6.45, 7) is 4.24. The van der Waals surface area contributed by atoms with Crippen LogP contribution in [0.25, 0.3) is 10.9 Å². The van der Waals surface area contributed by atoms with Crippen LogP contribution in [0.15, 0.2) is 59.6 Å². The molecule has 1 aromatic heterocycles. The Labute approximate surface area is 191 Å². The van der Waals surface area contributed by atoms with E-state index in [1.807, 2.05) is 46.0 Å². The SMILES string of the molecule is CC1CCN(C(=O)Cn2cc(SCC(=O)Nc3cccc(Cl)c3)c3ccccc32)CC1. The number of nitrogens with zero attached hydrogens (tertiary/aromatic N) is 2. The largest absolute Gasteiger partial charge is 0.341 e. The van der Waals surface area contributed by atoms with Gasteiger partial charge in [-0.2, -0.15) is 0 Å². The van der Waals surface area contributed by atoms with Crippen LogP contribution in [0.1, 0.15) is 19.8 Å². The fourth-order valence-electron chi connectivity index (χ4n) is 3.87. The van der Waals surface area contributed by atoms with Crippen LogP contribution in [0.4, 0.5) is 5.69 Å². The van der Waals surface area contributed by atoms with E-state index >= 15 is 0 Å². The van der Waals surface area contributed by atoms with E-state index in [4.69, 9.17) is 11.6 Å². The number of para-hydroxylation sites is 1. The lowest BCUT2D eigenvalue weighted by Gasteiger charge is -2.30. The Kier molecular flexibility index (Phi) is 6.88. The molecule has 162 valence electrons. The highest BCUT2D eigenvalue weighted by Crippen LogP contribution is 2.30. The lowest BCUT2D eigenvalue weighted by Crippen LogP contribution is -2.39. The summed E-state index contributed by atoms with van der Waals surface area (Å²) in [6.07, 6.45) is 4.13. The van der Waals surface area contributed by atoms with E-state index in [1.54, 1.807) is 18.2 Å². The maximum absolute atomic E-state index is 12.8. The van der Waals surface area contributed by atoms with Gasteiger partial charge in [-0.1, -0.05) is 42.8 Å². The Morgan fingerprint density at radius 2 is 1.90 bits per heavy atom. The molecule has 3 aromatic rings. The number of rotatable bonds is 6. The summed E-state index contributed by atoms with van der Waals surface area (Å²) in [5.41, 5.74) is 1.70. The van der Waals surface area contributed by atoms with E-state index in [0.717, 1.165) is 41.7 Å². The van der Waals surface area contributed by atoms with Gasteiger partial charge in [0.15, 0.2) is 0 Å². The zero-order valence-corrected chi connectivity index (χ0v) is 19.1. The first-order valence-corrected chi connectivity index (χ1v) is 11.9. The van der Waals surface area contributed by atoms with Crippen LogP contribution in [0.3, 0.4) is 0 Å². The number of likely N-dealkylation sites (tertiary alicyclic amines) is 1. The summed E-state index contributed by atoms with van der Waals surface area (Å²) in [6, 6.07) is 15.1. The van der Waals surface area contributed by atoms with Gasteiger partial charge < -0.3 is 14.8 Å². The van der Waals surface area contributed by atoms with Crippen molar-refractivity contribution in [3.05, 3.63) is 59.8 Å². The quantitative estimate of drug-likeness (QED) is 0.514. The molecule has 2 aromatic carbocycles. The van der Waals surface area contributed by atoms with E-state index in [2.05, 4.69) is 12.2 Å². The second-order valence-corrected chi connectivity index (χ2v) is 9.50. The molecular weight excluding hydrogens is 430 g/mol. The molecule has 2 amide bonds. The minimum atomic E-state index is -0.0948. The van der Waals surface area contributed by atoms with E-state index < -0.39 is 0 Å². The van der Waals surface area contributed by atoms with Crippen molar-refractivity contribution >= 4 is 51.8 Å². The third-order valence-electron chi connectivity index (χ3n) is 5.66. The van der Waals surface area contributed by atoms with Crippen LogP contribution in [0.2, 0.25) is 5.02 Å². The minimum absolute atomic E-state index is 0.0948. The molecule has 1 aliphatic heterocycles. The molecular formula is C24H26ClN3O2S. The summed E-state index contributed by atoms with van der Waals surface area (Å²) in [4.78, 5) is 28.2. The number of halogens is 1. The van der Waals surface area contributed by atoms with Crippen molar-refractivity contribution in [3.63, 3.8) is 0 Å². The van der Waals surface area contributed by atoms with Gasteiger partial charge in [-0.05, 0) is 43.0 Å². The molecule has 2 heterocycles. The molecule has 0 bridgehead atoms. The number of carbonyl (C=O) groups excluding carboxylic acids is 2. The number of hydrogen-bond acceptors (Lipinski definition) is 3. The number of carbonyl (C=O) groups is 2. The highest BCUT2D eigenvalue weighted by atomic mass is 35.5. The highest BCUT2D eigenvalue weighted by Gasteiger charge is 2.21. The minimum Gasteiger partial charge on any atom is -0.341 e. The Morgan fingerprint density at radius 3 is 2.68 bits per heavy atom. The fourth-order valence-corrected chi connectivity index (χ4v) is 4.95. The van der Waals surface area contributed by atoms with Gasteiger partial charge in [0, 0.05) is 45.8 Å². The van der Waals surface area contributed by atoms with Gasteiger partial charge in [0.1, 0.15) is 6.54 Å². The zero-order valence-electron chi connectivity index (χ0n) is 17.5. The van der Waals surface area contributed by atoms with Gasteiger partial charge in [-0.3, -0.25) is 9.59 Å². The lowest BCUT2D eigenvalue weighted by molar-refractivity contribution is -0.133. The molecule has 1 aliphatic rings. The molecule has 1 saturated heterocycles. The van der Waals surface area contributed by atoms with Crippen LogP contribution >= 0.6 is 23.4 Å². The predicted octanol–water partition coefficient (Wildman–Crippen LogP) is 5.28. The summed E-state index contributed by atoms with van der Waals surface area (Å²) < 4.78 is 2.01. The molecule has 0 unspecified atom stereocenters. The number of nitrogens with one attached hydrogen (secondary N) is 1. The van der Waals surface area contributed by atoms with Gasteiger partial charge in [-0.25, -0.2) is 0 Å². The predicted molar refractivity (Wildman–Crippen MR) is 128 cm³/mol. The van der Waals surface area contributed by atoms with Crippen molar-refractivity contribution in [3.8, 4) is 0 Å². The molecule has 31 heavy (non-hydrogen) atoms. The molecule has 5 nitrogen and oxygen atoms in total. The van der Waals surface area contributed by atoms with Gasteiger partial charge in [0.25, 0.3) is 0 Å². The average Bonchev–Trinajstić information content (AvgIpc) is 3.10. The Balaban J connectivity index is 1.44. The third-order valence-corrected chi connectivity index (χ3v) is 6.94. The summed E-state index contributed by atoms with van der Waals surface area (Å²) in [5.74, 6) is 1.03. The number of amides is 2. The first kappa shape index (κ1) is 21.8. The molecule has 0 atom stereocenters. The second-order valence-electron chi connectivity index (χ2n) is 8.05. The lowest BCUT2D eigenvalue weighted by atomic mass is 9.99. The summed E-state index contributed by atoms with van der Waals surface area (Å²) >= 11 is 7.46. The smallest absolute Gasteiger partial charge is 0.242 e. The van der Waals surface area contributed by atoms with Crippen molar-refractivity contribution in [2.75, 3.05) is 24.2 Å². The van der Waals surface area contributed by atoms with Crippen LogP contribution in [-0.2, 0) is 16.1 Å². The Morgan fingerprint density at radius 1 is 1.13 bits per heavy atom. The fraction of sp³-hybridized carbons (Fsp3) is 0.333. The highest BCUT2D eigenvalue weighted by molar-refractivity contribution is 8.00. The first-order chi connectivity index (χ1) is 15.0. The molecule has 1 N–H and O–H groups in total. The topological polar surface area (TPSA) is 54.3 Å². The van der Waals surface area contributed by atoms with Crippen molar-refractivity contribution < 1.29 is 9.59 Å². The van der Waals surface area contributed by atoms with Gasteiger partial charge in [0.05, 0.1) is 5.75 Å². The standard InChI is InChI=1S/C24H26ClN3O2S/c1-17-9-11-27(12-10-17)24(30)15-28-14-22(20-7-2-3-8-21(20)28)31-16-23(29)26-19-6-4-5-18(25)13-19/h2-8,13-14,17H,9-12,15-16H2,1H3,(H,26,29). The normalized spacial score (nSPS) is 14.7. The third kappa shape index (κ3) is 5.43. The molecule has 0 saturated carbocycles. The second kappa shape index (κ2) is 9.79. The molecule has 4 rings (SSSR count). The Bertz CT molecular complexity index is 1090. The number of benzene rings is 2. The number of aromatic nitrogens is 1. The molecule has 1 fully saturated rings. The number of fused-ring (bicyclic) bond motifs is 1. The maximum Gasteiger partial charge on any atom is 0.242 e. The summed E-state index contributed by atoms with van der Waals surface area (Å²) in [5, 5.41) is 4.52. The van der Waals surface area contributed by atoms with Gasteiger partial charge in [-0.15, -0.1) is 11.8 Å². The molecule has 0 spiro atoms. The van der Waals surface area contributed by atoms with Crippen LogP contribution in [-0.4, -0.2) is 40.1 Å². The van der Waals surface area contributed by atoms with Crippen molar-refractivity contribution in [2.24, 2.45) is 5.92 Å². The van der Waals surface area contributed by atoms with Crippen LogP contribution in [0, 0.1) is 5.92 Å².